The van der Waals surface area contributed by atoms with Crippen LogP contribution in [-0.4, -0.2) is 18.2 Å². The van der Waals surface area contributed by atoms with E-state index in [0.29, 0.717) is 33.7 Å². The molecule has 3 rings (SSSR count). The zero-order valence-corrected chi connectivity index (χ0v) is 16.8. The van der Waals surface area contributed by atoms with Gasteiger partial charge in [-0.25, -0.2) is 12.8 Å². The summed E-state index contributed by atoms with van der Waals surface area (Å²) < 4.78 is 42.4. The topological polar surface area (TPSA) is 64.0 Å². The second-order valence-corrected chi connectivity index (χ2v) is 8.52. The Bertz CT molecular complexity index is 1100. The maximum absolute atomic E-state index is 13.1. The SMILES string of the molecule is Cc1nn(Cc2ccc(Cl)cc2Cl)c(C)c1NS(=O)(=O)c1ccc(F)cc1. The van der Waals surface area contributed by atoms with E-state index in [1.807, 2.05) is 0 Å². The van der Waals surface area contributed by atoms with Gasteiger partial charge in [-0.2, -0.15) is 5.10 Å². The van der Waals surface area contributed by atoms with Gasteiger partial charge in [-0.1, -0.05) is 29.3 Å². The average Bonchev–Trinajstić information content (AvgIpc) is 2.85. The Morgan fingerprint density at radius 3 is 2.41 bits per heavy atom. The summed E-state index contributed by atoms with van der Waals surface area (Å²) in [7, 11) is -3.86. The first-order valence-corrected chi connectivity index (χ1v) is 10.2. The highest BCUT2D eigenvalue weighted by atomic mass is 35.5. The number of hydrogen-bond acceptors (Lipinski definition) is 3. The standard InChI is InChI=1S/C18H16Cl2FN3O2S/c1-11-18(23-27(25,26)16-7-5-15(21)6-8-16)12(2)24(22-11)10-13-3-4-14(19)9-17(13)20/h3-9,23H,10H2,1-2H3. The summed E-state index contributed by atoms with van der Waals surface area (Å²) >= 11 is 12.1. The highest BCUT2D eigenvalue weighted by molar-refractivity contribution is 7.92. The molecule has 1 N–H and O–H groups in total. The van der Waals surface area contributed by atoms with Crippen LogP contribution in [-0.2, 0) is 16.6 Å². The third-order valence-corrected chi connectivity index (χ3v) is 6.03. The van der Waals surface area contributed by atoms with Crippen LogP contribution in [0.2, 0.25) is 10.0 Å². The molecule has 0 spiro atoms. The maximum atomic E-state index is 13.1. The van der Waals surface area contributed by atoms with E-state index in [1.165, 1.54) is 12.1 Å². The third-order valence-electron chi connectivity index (χ3n) is 4.08. The van der Waals surface area contributed by atoms with E-state index >= 15 is 0 Å². The van der Waals surface area contributed by atoms with Gasteiger partial charge in [-0.15, -0.1) is 0 Å². The summed E-state index contributed by atoms with van der Waals surface area (Å²) in [5, 5.41) is 5.43. The summed E-state index contributed by atoms with van der Waals surface area (Å²) in [5.41, 5.74) is 2.33. The van der Waals surface area contributed by atoms with Crippen LogP contribution in [0.4, 0.5) is 10.1 Å². The van der Waals surface area contributed by atoms with Crippen molar-refractivity contribution >= 4 is 38.9 Å². The molecule has 3 aromatic rings. The fraction of sp³-hybridized carbons (Fsp3) is 0.167. The summed E-state index contributed by atoms with van der Waals surface area (Å²) in [5.74, 6) is -0.506. The van der Waals surface area contributed by atoms with E-state index in [9.17, 15) is 12.8 Å². The molecule has 0 amide bonds. The number of hydrogen-bond donors (Lipinski definition) is 1. The predicted molar refractivity (Wildman–Crippen MR) is 104 cm³/mol. The molecule has 0 saturated carbocycles. The van der Waals surface area contributed by atoms with E-state index in [2.05, 4.69) is 9.82 Å². The molecule has 2 aromatic carbocycles. The fourth-order valence-corrected chi connectivity index (χ4v) is 4.26. The molecule has 0 radical (unpaired) electrons. The average molecular weight is 428 g/mol. The van der Waals surface area contributed by atoms with E-state index in [0.717, 1.165) is 17.7 Å². The van der Waals surface area contributed by atoms with Crippen molar-refractivity contribution in [1.82, 2.24) is 9.78 Å². The highest BCUT2D eigenvalue weighted by Crippen LogP contribution is 2.26. The van der Waals surface area contributed by atoms with Crippen LogP contribution in [0.25, 0.3) is 0 Å². The van der Waals surface area contributed by atoms with E-state index in [1.54, 1.807) is 36.7 Å². The van der Waals surface area contributed by atoms with Crippen molar-refractivity contribution in [1.29, 1.82) is 0 Å². The Balaban J connectivity index is 1.90. The van der Waals surface area contributed by atoms with Gasteiger partial charge >= 0.3 is 0 Å². The second kappa shape index (κ2) is 7.50. The molecule has 0 aliphatic carbocycles. The number of halogens is 3. The summed E-state index contributed by atoms with van der Waals surface area (Å²) in [6.45, 7) is 3.82. The van der Waals surface area contributed by atoms with Crippen molar-refractivity contribution < 1.29 is 12.8 Å². The predicted octanol–water partition coefficient (Wildman–Crippen LogP) is 4.79. The van der Waals surface area contributed by atoms with Gasteiger partial charge in [0, 0.05) is 10.0 Å². The lowest BCUT2D eigenvalue weighted by molar-refractivity contribution is 0.599. The van der Waals surface area contributed by atoms with Crippen LogP contribution in [0.15, 0.2) is 47.4 Å². The Labute approximate surface area is 166 Å². The summed E-state index contributed by atoms with van der Waals surface area (Å²) in [6.07, 6.45) is 0. The first kappa shape index (κ1) is 19.7. The van der Waals surface area contributed by atoms with Crippen LogP contribution >= 0.6 is 23.2 Å². The van der Waals surface area contributed by atoms with E-state index in [-0.39, 0.29) is 4.90 Å². The van der Waals surface area contributed by atoms with Crippen molar-refractivity contribution in [3.8, 4) is 0 Å². The molecular weight excluding hydrogens is 412 g/mol. The molecule has 0 aliphatic heterocycles. The Kier molecular flexibility index (Phi) is 5.46. The lowest BCUT2D eigenvalue weighted by Crippen LogP contribution is -2.14. The van der Waals surface area contributed by atoms with Gasteiger partial charge in [0.15, 0.2) is 0 Å². The van der Waals surface area contributed by atoms with Crippen molar-refractivity contribution in [3.05, 3.63) is 75.3 Å². The minimum Gasteiger partial charge on any atom is -0.276 e. The van der Waals surface area contributed by atoms with E-state index in [4.69, 9.17) is 23.2 Å². The van der Waals surface area contributed by atoms with Crippen molar-refractivity contribution in [2.24, 2.45) is 0 Å². The molecule has 142 valence electrons. The number of aryl methyl sites for hydroxylation is 1. The molecule has 1 aromatic heterocycles. The second-order valence-electron chi connectivity index (χ2n) is 6.00. The van der Waals surface area contributed by atoms with Gasteiger partial charge < -0.3 is 0 Å². The van der Waals surface area contributed by atoms with Crippen LogP contribution in [0.3, 0.4) is 0 Å². The number of nitrogens with one attached hydrogen (secondary N) is 1. The number of nitrogens with zero attached hydrogens (tertiary/aromatic N) is 2. The minimum absolute atomic E-state index is 0.0313. The van der Waals surface area contributed by atoms with Gasteiger partial charge in [0.05, 0.1) is 28.5 Å². The molecule has 9 heteroatoms. The number of sulfonamides is 1. The van der Waals surface area contributed by atoms with Gasteiger partial charge in [0.25, 0.3) is 10.0 Å². The quantitative estimate of drug-likeness (QED) is 0.635. The molecule has 0 atom stereocenters. The molecular formula is C18H16Cl2FN3O2S. The lowest BCUT2D eigenvalue weighted by atomic mass is 10.2. The summed E-state index contributed by atoms with van der Waals surface area (Å²) in [4.78, 5) is -0.0313. The zero-order valence-electron chi connectivity index (χ0n) is 14.5. The maximum Gasteiger partial charge on any atom is 0.262 e. The molecule has 0 aliphatic rings. The van der Waals surface area contributed by atoms with Crippen LogP contribution in [0.1, 0.15) is 17.0 Å². The molecule has 0 fully saturated rings. The number of rotatable bonds is 5. The van der Waals surface area contributed by atoms with Crippen molar-refractivity contribution in [2.45, 2.75) is 25.3 Å². The molecule has 0 unspecified atom stereocenters. The van der Waals surface area contributed by atoms with Crippen LogP contribution in [0, 0.1) is 19.7 Å². The molecule has 1 heterocycles. The first-order chi connectivity index (χ1) is 12.7. The number of aromatic nitrogens is 2. The normalized spacial score (nSPS) is 11.6. The fourth-order valence-electron chi connectivity index (χ4n) is 2.62. The van der Waals surface area contributed by atoms with Gasteiger partial charge in [0.2, 0.25) is 0 Å². The van der Waals surface area contributed by atoms with Gasteiger partial charge in [0.1, 0.15) is 5.82 Å². The molecule has 0 saturated heterocycles. The minimum atomic E-state index is -3.86. The molecule has 0 bridgehead atoms. The molecule has 5 nitrogen and oxygen atoms in total. The molecule has 27 heavy (non-hydrogen) atoms. The third kappa shape index (κ3) is 4.26. The van der Waals surface area contributed by atoms with Gasteiger partial charge in [-0.3, -0.25) is 9.40 Å². The van der Waals surface area contributed by atoms with Crippen molar-refractivity contribution in [2.75, 3.05) is 4.72 Å². The number of benzene rings is 2. The summed E-state index contributed by atoms with van der Waals surface area (Å²) in [6, 6.07) is 9.78. The van der Waals surface area contributed by atoms with Crippen LogP contribution < -0.4 is 4.72 Å². The lowest BCUT2D eigenvalue weighted by Gasteiger charge is -2.10. The smallest absolute Gasteiger partial charge is 0.262 e. The van der Waals surface area contributed by atoms with Crippen LogP contribution in [0.5, 0.6) is 0 Å². The highest BCUT2D eigenvalue weighted by Gasteiger charge is 2.20. The Morgan fingerprint density at radius 1 is 1.11 bits per heavy atom. The first-order valence-electron chi connectivity index (χ1n) is 7.93. The van der Waals surface area contributed by atoms with E-state index < -0.39 is 15.8 Å². The Hall–Kier alpha value is -2.09. The Morgan fingerprint density at radius 2 is 1.78 bits per heavy atom. The zero-order chi connectivity index (χ0) is 19.8. The largest absolute Gasteiger partial charge is 0.276 e. The number of anilines is 1. The van der Waals surface area contributed by atoms with Crippen molar-refractivity contribution in [3.63, 3.8) is 0 Å². The monoisotopic (exact) mass is 427 g/mol. The van der Waals surface area contributed by atoms with Gasteiger partial charge in [-0.05, 0) is 55.8 Å².